The van der Waals surface area contributed by atoms with Crippen molar-refractivity contribution >= 4 is 11.7 Å². The Balaban J connectivity index is 1.87. The van der Waals surface area contributed by atoms with Crippen LogP contribution in [0.1, 0.15) is 28.2 Å². The Morgan fingerprint density at radius 3 is 3.12 bits per heavy atom. The van der Waals surface area contributed by atoms with Crippen molar-refractivity contribution < 1.29 is 9.21 Å². The highest BCUT2D eigenvalue weighted by Crippen LogP contribution is 2.25. The van der Waals surface area contributed by atoms with Gasteiger partial charge in [0.2, 0.25) is 0 Å². The second kappa shape index (κ2) is 4.01. The summed E-state index contributed by atoms with van der Waals surface area (Å²) in [7, 11) is 0. The van der Waals surface area contributed by atoms with Crippen molar-refractivity contribution in [3.05, 3.63) is 41.7 Å². The molecule has 0 saturated heterocycles. The van der Waals surface area contributed by atoms with E-state index < -0.39 is 0 Å². The first-order valence-corrected chi connectivity index (χ1v) is 5.52. The first-order chi connectivity index (χ1) is 8.34. The number of carbonyl (C=O) groups is 1. The number of rotatable bonds is 2. The molecule has 5 nitrogen and oxygen atoms in total. The van der Waals surface area contributed by atoms with E-state index in [0.29, 0.717) is 5.82 Å². The molecule has 1 aliphatic rings. The van der Waals surface area contributed by atoms with Crippen molar-refractivity contribution in [2.24, 2.45) is 0 Å². The molecule has 2 aromatic rings. The lowest BCUT2D eigenvalue weighted by Crippen LogP contribution is -2.14. The molecule has 0 atom stereocenters. The predicted octanol–water partition coefficient (Wildman–Crippen LogP) is 1.81. The molecule has 2 aromatic heterocycles. The summed E-state index contributed by atoms with van der Waals surface area (Å²) in [6.07, 6.45) is 5.91. The van der Waals surface area contributed by atoms with Gasteiger partial charge in [-0.3, -0.25) is 4.79 Å². The summed E-state index contributed by atoms with van der Waals surface area (Å²) < 4.78 is 5.03. The standard InChI is InChI=1S/C12H11N3O2/c16-12(10-5-2-6-17-10)15-11-8-3-1-4-9(8)13-7-14-11/h2,5-7H,1,3-4H2,(H,13,14,15,16). The average molecular weight is 229 g/mol. The number of aryl methyl sites for hydroxylation is 1. The summed E-state index contributed by atoms with van der Waals surface area (Å²) in [4.78, 5) is 20.1. The Morgan fingerprint density at radius 1 is 1.35 bits per heavy atom. The monoisotopic (exact) mass is 229 g/mol. The van der Waals surface area contributed by atoms with Gasteiger partial charge in [0.15, 0.2) is 5.76 Å². The molecule has 0 spiro atoms. The van der Waals surface area contributed by atoms with E-state index in [4.69, 9.17) is 4.42 Å². The molecular formula is C12H11N3O2. The van der Waals surface area contributed by atoms with Gasteiger partial charge < -0.3 is 9.73 Å². The van der Waals surface area contributed by atoms with E-state index >= 15 is 0 Å². The summed E-state index contributed by atoms with van der Waals surface area (Å²) in [5.74, 6) is 0.618. The highest BCUT2D eigenvalue weighted by Gasteiger charge is 2.19. The van der Waals surface area contributed by atoms with Crippen LogP contribution in [-0.4, -0.2) is 15.9 Å². The zero-order valence-electron chi connectivity index (χ0n) is 9.14. The van der Waals surface area contributed by atoms with Gasteiger partial charge >= 0.3 is 0 Å². The van der Waals surface area contributed by atoms with Gasteiger partial charge in [0, 0.05) is 11.3 Å². The van der Waals surface area contributed by atoms with Crippen LogP contribution >= 0.6 is 0 Å². The molecule has 1 N–H and O–H groups in total. The fourth-order valence-electron chi connectivity index (χ4n) is 2.04. The Morgan fingerprint density at radius 2 is 2.29 bits per heavy atom. The molecule has 17 heavy (non-hydrogen) atoms. The molecule has 2 heterocycles. The zero-order chi connectivity index (χ0) is 11.7. The fourth-order valence-corrected chi connectivity index (χ4v) is 2.04. The van der Waals surface area contributed by atoms with Crippen LogP contribution in [0.3, 0.4) is 0 Å². The normalized spacial score (nSPS) is 13.4. The summed E-state index contributed by atoms with van der Waals surface area (Å²) in [5, 5.41) is 2.76. The second-order valence-corrected chi connectivity index (χ2v) is 3.93. The first-order valence-electron chi connectivity index (χ1n) is 5.52. The number of carbonyl (C=O) groups excluding carboxylic acids is 1. The molecule has 1 aliphatic carbocycles. The summed E-state index contributed by atoms with van der Waals surface area (Å²) in [5.41, 5.74) is 2.09. The average Bonchev–Trinajstić information content (AvgIpc) is 3.00. The maximum Gasteiger partial charge on any atom is 0.292 e. The lowest BCUT2D eigenvalue weighted by Gasteiger charge is -2.06. The number of fused-ring (bicyclic) bond motifs is 1. The van der Waals surface area contributed by atoms with Gasteiger partial charge in [0.05, 0.1) is 6.26 Å². The maximum atomic E-state index is 11.8. The summed E-state index contributed by atoms with van der Waals surface area (Å²) >= 11 is 0. The molecule has 5 heteroatoms. The topological polar surface area (TPSA) is 68.0 Å². The predicted molar refractivity (Wildman–Crippen MR) is 60.7 cm³/mol. The molecule has 0 bridgehead atoms. The number of hydrogen-bond donors (Lipinski definition) is 1. The smallest absolute Gasteiger partial charge is 0.292 e. The highest BCUT2D eigenvalue weighted by atomic mass is 16.3. The number of nitrogens with zero attached hydrogens (tertiary/aromatic N) is 2. The molecule has 0 unspecified atom stereocenters. The number of nitrogens with one attached hydrogen (secondary N) is 1. The third-order valence-corrected chi connectivity index (χ3v) is 2.85. The first kappa shape index (κ1) is 10.0. The molecule has 3 rings (SSSR count). The number of hydrogen-bond acceptors (Lipinski definition) is 4. The van der Waals surface area contributed by atoms with Gasteiger partial charge in [0.25, 0.3) is 5.91 Å². The molecule has 86 valence electrons. The van der Waals surface area contributed by atoms with Crippen LogP contribution < -0.4 is 5.32 Å². The van der Waals surface area contributed by atoms with Crippen LogP contribution in [0.15, 0.2) is 29.1 Å². The van der Waals surface area contributed by atoms with Crippen molar-refractivity contribution in [1.29, 1.82) is 0 Å². The fraction of sp³-hybridized carbons (Fsp3) is 0.250. The Kier molecular flexibility index (Phi) is 2.36. The zero-order valence-corrected chi connectivity index (χ0v) is 9.14. The maximum absolute atomic E-state index is 11.8. The molecule has 0 aliphatic heterocycles. The van der Waals surface area contributed by atoms with Gasteiger partial charge in [-0.15, -0.1) is 0 Å². The van der Waals surface area contributed by atoms with Crippen molar-refractivity contribution in [2.75, 3.05) is 5.32 Å². The van der Waals surface area contributed by atoms with E-state index in [1.807, 2.05) is 0 Å². The lowest BCUT2D eigenvalue weighted by atomic mass is 10.2. The minimum Gasteiger partial charge on any atom is -0.459 e. The van der Waals surface area contributed by atoms with E-state index in [0.717, 1.165) is 30.5 Å². The number of furan rings is 1. The van der Waals surface area contributed by atoms with Crippen molar-refractivity contribution in [2.45, 2.75) is 19.3 Å². The van der Waals surface area contributed by atoms with Crippen LogP contribution in [-0.2, 0) is 12.8 Å². The van der Waals surface area contributed by atoms with E-state index in [9.17, 15) is 4.79 Å². The number of amides is 1. The Labute approximate surface area is 97.9 Å². The minimum atomic E-state index is -0.275. The Hall–Kier alpha value is -2.17. The van der Waals surface area contributed by atoms with Gasteiger partial charge in [-0.25, -0.2) is 9.97 Å². The van der Waals surface area contributed by atoms with Crippen LogP contribution in [0.25, 0.3) is 0 Å². The van der Waals surface area contributed by atoms with E-state index in [1.165, 1.54) is 12.6 Å². The van der Waals surface area contributed by atoms with E-state index in [-0.39, 0.29) is 11.7 Å². The molecule has 0 fully saturated rings. The van der Waals surface area contributed by atoms with E-state index in [2.05, 4.69) is 15.3 Å². The second-order valence-electron chi connectivity index (χ2n) is 3.93. The SMILES string of the molecule is O=C(Nc1ncnc2c1CCC2)c1ccco1. The molecule has 0 radical (unpaired) electrons. The molecule has 0 aromatic carbocycles. The van der Waals surface area contributed by atoms with E-state index in [1.54, 1.807) is 12.1 Å². The van der Waals surface area contributed by atoms with Gasteiger partial charge in [-0.2, -0.15) is 0 Å². The van der Waals surface area contributed by atoms with Crippen molar-refractivity contribution in [3.8, 4) is 0 Å². The molecule has 0 saturated carbocycles. The summed E-state index contributed by atoms with van der Waals surface area (Å²) in [6, 6.07) is 3.30. The minimum absolute atomic E-state index is 0.275. The lowest BCUT2D eigenvalue weighted by molar-refractivity contribution is 0.0996. The van der Waals surface area contributed by atoms with Crippen molar-refractivity contribution in [3.63, 3.8) is 0 Å². The highest BCUT2D eigenvalue weighted by molar-refractivity contribution is 6.02. The number of aromatic nitrogens is 2. The van der Waals surface area contributed by atoms with Crippen molar-refractivity contribution in [1.82, 2.24) is 9.97 Å². The van der Waals surface area contributed by atoms with Gasteiger partial charge in [-0.05, 0) is 31.4 Å². The number of anilines is 1. The van der Waals surface area contributed by atoms with Crippen LogP contribution in [0.4, 0.5) is 5.82 Å². The largest absolute Gasteiger partial charge is 0.459 e. The van der Waals surface area contributed by atoms with Crippen LogP contribution in [0, 0.1) is 0 Å². The third-order valence-electron chi connectivity index (χ3n) is 2.85. The summed E-state index contributed by atoms with van der Waals surface area (Å²) in [6.45, 7) is 0. The van der Waals surface area contributed by atoms with Gasteiger partial charge in [-0.1, -0.05) is 0 Å². The molecular weight excluding hydrogens is 218 g/mol. The quantitative estimate of drug-likeness (QED) is 0.852. The molecule has 1 amide bonds. The Bertz CT molecular complexity index is 549. The van der Waals surface area contributed by atoms with Gasteiger partial charge in [0.1, 0.15) is 12.1 Å². The van der Waals surface area contributed by atoms with Crippen LogP contribution in [0.2, 0.25) is 0 Å². The third kappa shape index (κ3) is 1.80. The van der Waals surface area contributed by atoms with Crippen LogP contribution in [0.5, 0.6) is 0 Å².